The number of nitrogens with zero attached hydrogens (tertiary/aromatic N) is 1. The first-order valence-electron chi connectivity index (χ1n) is 7.08. The van der Waals surface area contributed by atoms with Crippen molar-refractivity contribution in [3.8, 4) is 0 Å². The van der Waals surface area contributed by atoms with Crippen LogP contribution in [-0.4, -0.2) is 55.4 Å². The lowest BCUT2D eigenvalue weighted by molar-refractivity contribution is -0.133. The fourth-order valence-electron chi connectivity index (χ4n) is 3.29. The summed E-state index contributed by atoms with van der Waals surface area (Å²) in [4.78, 5) is 14.2. The molecule has 6 heteroatoms. The first kappa shape index (κ1) is 14.8. The van der Waals surface area contributed by atoms with Crippen LogP contribution in [0, 0.1) is 0 Å². The van der Waals surface area contributed by atoms with Crippen LogP contribution in [0.2, 0.25) is 0 Å². The zero-order valence-electron chi connectivity index (χ0n) is 11.9. The molecule has 110 valence electrons. The van der Waals surface area contributed by atoms with Crippen molar-refractivity contribution in [3.05, 3.63) is 0 Å². The molecule has 2 rings (SSSR count). The van der Waals surface area contributed by atoms with Crippen LogP contribution < -0.4 is 5.32 Å². The van der Waals surface area contributed by atoms with Crippen molar-refractivity contribution in [3.63, 3.8) is 0 Å². The number of fused-ring (bicyclic) bond motifs is 2. The fourth-order valence-corrected chi connectivity index (χ4v) is 3.79. The van der Waals surface area contributed by atoms with Crippen molar-refractivity contribution in [2.75, 3.05) is 12.8 Å². The summed E-state index contributed by atoms with van der Waals surface area (Å²) in [5.74, 6) is -0.240. The number of amides is 1. The molecule has 0 saturated carbocycles. The van der Waals surface area contributed by atoms with Gasteiger partial charge in [0.15, 0.2) is 9.84 Å². The fraction of sp³-hybridized carbons (Fsp3) is 0.923. The molecule has 2 bridgehead atoms. The van der Waals surface area contributed by atoms with Gasteiger partial charge in [-0.15, -0.1) is 0 Å². The summed E-state index contributed by atoms with van der Waals surface area (Å²) < 4.78 is 23.1. The lowest BCUT2D eigenvalue weighted by Gasteiger charge is -2.38. The maximum Gasteiger partial charge on any atom is 0.240 e. The van der Waals surface area contributed by atoms with Gasteiger partial charge in [0.25, 0.3) is 0 Å². The highest BCUT2D eigenvalue weighted by atomic mass is 32.2. The van der Waals surface area contributed by atoms with Gasteiger partial charge >= 0.3 is 0 Å². The second kappa shape index (κ2) is 5.40. The highest BCUT2D eigenvalue weighted by Crippen LogP contribution is 2.30. The van der Waals surface area contributed by atoms with Crippen LogP contribution in [0.1, 0.15) is 39.5 Å². The van der Waals surface area contributed by atoms with Gasteiger partial charge in [-0.2, -0.15) is 0 Å². The number of hydrogen-bond donors (Lipinski definition) is 1. The molecule has 3 atom stereocenters. The van der Waals surface area contributed by atoms with Gasteiger partial charge in [-0.3, -0.25) is 4.79 Å². The van der Waals surface area contributed by atoms with Crippen LogP contribution in [0.4, 0.5) is 0 Å². The third kappa shape index (κ3) is 3.11. The van der Waals surface area contributed by atoms with Crippen molar-refractivity contribution >= 4 is 15.7 Å². The van der Waals surface area contributed by atoms with E-state index in [1.807, 2.05) is 6.92 Å². The molecule has 19 heavy (non-hydrogen) atoms. The molecule has 1 N–H and O–H groups in total. The third-order valence-corrected chi connectivity index (χ3v) is 5.99. The van der Waals surface area contributed by atoms with E-state index in [0.29, 0.717) is 18.6 Å². The monoisotopic (exact) mass is 288 g/mol. The first-order valence-corrected chi connectivity index (χ1v) is 9.03. The summed E-state index contributed by atoms with van der Waals surface area (Å²) in [6, 6.07) is 1.19. The quantitative estimate of drug-likeness (QED) is 0.820. The first-order chi connectivity index (χ1) is 8.82. The Hall–Kier alpha value is -0.620. The second-order valence-electron chi connectivity index (χ2n) is 5.86. The molecular weight excluding hydrogens is 264 g/mol. The molecule has 5 nitrogen and oxygen atoms in total. The molecule has 2 fully saturated rings. The molecular formula is C13H24N2O3S. The minimum atomic E-state index is -3.31. The third-order valence-electron chi connectivity index (χ3n) is 4.50. The Kier molecular flexibility index (Phi) is 4.20. The van der Waals surface area contributed by atoms with Crippen LogP contribution in [0.25, 0.3) is 0 Å². The van der Waals surface area contributed by atoms with E-state index in [0.717, 1.165) is 19.1 Å². The lowest BCUT2D eigenvalue weighted by Crippen LogP contribution is -2.53. The molecule has 0 spiro atoms. The predicted octanol–water partition coefficient (Wildman–Crippen LogP) is 0.551. The van der Waals surface area contributed by atoms with Crippen molar-refractivity contribution in [2.45, 2.75) is 62.9 Å². The van der Waals surface area contributed by atoms with E-state index in [1.54, 1.807) is 4.90 Å². The molecule has 0 aromatic rings. The molecule has 0 aromatic heterocycles. The van der Waals surface area contributed by atoms with Gasteiger partial charge in [0.1, 0.15) is 5.25 Å². The standard InChI is InChI=1S/C13H24N2O3S/c1-4-15(13(16)9(2)19(3,17)18)12-7-10-5-6-11(8-12)14-10/h9-12,14H,4-8H2,1-3H3. The minimum Gasteiger partial charge on any atom is -0.339 e. The lowest BCUT2D eigenvalue weighted by atomic mass is 9.98. The van der Waals surface area contributed by atoms with Gasteiger partial charge in [0.2, 0.25) is 5.91 Å². The minimum absolute atomic E-state index is 0.195. The van der Waals surface area contributed by atoms with E-state index in [-0.39, 0.29) is 11.9 Å². The van der Waals surface area contributed by atoms with Crippen molar-refractivity contribution in [1.29, 1.82) is 0 Å². The zero-order chi connectivity index (χ0) is 14.2. The molecule has 0 aliphatic carbocycles. The van der Waals surface area contributed by atoms with E-state index < -0.39 is 15.1 Å². The molecule has 2 aliphatic heterocycles. The van der Waals surface area contributed by atoms with E-state index in [9.17, 15) is 13.2 Å². The SMILES string of the molecule is CCN(C(=O)C(C)S(C)(=O)=O)C1CC2CCC(C1)N2. The van der Waals surface area contributed by atoms with Gasteiger partial charge in [-0.05, 0) is 39.5 Å². The largest absolute Gasteiger partial charge is 0.339 e. The number of carbonyl (C=O) groups is 1. The maximum atomic E-state index is 12.4. The van der Waals surface area contributed by atoms with Crippen molar-refractivity contribution in [1.82, 2.24) is 10.2 Å². The summed E-state index contributed by atoms with van der Waals surface area (Å²) >= 11 is 0. The zero-order valence-corrected chi connectivity index (χ0v) is 12.7. The summed E-state index contributed by atoms with van der Waals surface area (Å²) in [5.41, 5.74) is 0. The van der Waals surface area contributed by atoms with E-state index in [4.69, 9.17) is 0 Å². The molecule has 1 amide bonds. The molecule has 3 unspecified atom stereocenters. The smallest absolute Gasteiger partial charge is 0.240 e. The van der Waals surface area contributed by atoms with Gasteiger partial charge in [-0.1, -0.05) is 0 Å². The number of carbonyl (C=O) groups excluding carboxylic acids is 1. The molecule has 2 heterocycles. The van der Waals surface area contributed by atoms with Crippen LogP contribution in [0.15, 0.2) is 0 Å². The maximum absolute atomic E-state index is 12.4. The van der Waals surface area contributed by atoms with Crippen LogP contribution in [0.3, 0.4) is 0 Å². The van der Waals surface area contributed by atoms with E-state index in [2.05, 4.69) is 5.32 Å². The number of hydrogen-bond acceptors (Lipinski definition) is 4. The second-order valence-corrected chi connectivity index (χ2v) is 8.23. The Balaban J connectivity index is 2.09. The van der Waals surface area contributed by atoms with Crippen molar-refractivity contribution < 1.29 is 13.2 Å². The number of rotatable bonds is 4. The summed E-state index contributed by atoms with van der Waals surface area (Å²) in [5, 5.41) is 2.61. The Bertz CT molecular complexity index is 437. The van der Waals surface area contributed by atoms with Crippen molar-refractivity contribution in [2.24, 2.45) is 0 Å². The molecule has 0 radical (unpaired) electrons. The molecule has 2 saturated heterocycles. The average Bonchev–Trinajstić information content (AvgIpc) is 2.67. The number of sulfone groups is 1. The van der Waals surface area contributed by atoms with Gasteiger partial charge in [0, 0.05) is 30.9 Å². The van der Waals surface area contributed by atoms with E-state index >= 15 is 0 Å². The van der Waals surface area contributed by atoms with Gasteiger partial charge in [-0.25, -0.2) is 8.42 Å². The average molecular weight is 288 g/mol. The molecule has 2 aliphatic rings. The Morgan fingerprint density at radius 3 is 2.26 bits per heavy atom. The van der Waals surface area contributed by atoms with Gasteiger partial charge < -0.3 is 10.2 Å². The Labute approximate surface area is 115 Å². The predicted molar refractivity (Wildman–Crippen MR) is 74.7 cm³/mol. The normalized spacial score (nSPS) is 32.1. The number of piperidine rings is 1. The summed E-state index contributed by atoms with van der Waals surface area (Å²) in [6.07, 6.45) is 5.39. The van der Waals surface area contributed by atoms with Crippen LogP contribution in [-0.2, 0) is 14.6 Å². The van der Waals surface area contributed by atoms with Crippen LogP contribution in [0.5, 0.6) is 0 Å². The summed E-state index contributed by atoms with van der Waals surface area (Å²) in [6.45, 7) is 4.01. The Morgan fingerprint density at radius 1 is 1.32 bits per heavy atom. The Morgan fingerprint density at radius 2 is 1.84 bits per heavy atom. The highest BCUT2D eigenvalue weighted by Gasteiger charge is 2.39. The van der Waals surface area contributed by atoms with Crippen LogP contribution >= 0.6 is 0 Å². The summed E-state index contributed by atoms with van der Waals surface area (Å²) in [7, 11) is -3.31. The van der Waals surface area contributed by atoms with E-state index in [1.165, 1.54) is 19.8 Å². The van der Waals surface area contributed by atoms with Gasteiger partial charge in [0.05, 0.1) is 0 Å². The number of nitrogens with one attached hydrogen (secondary N) is 1. The topological polar surface area (TPSA) is 66.5 Å². The molecule has 0 aromatic carbocycles. The highest BCUT2D eigenvalue weighted by molar-refractivity contribution is 7.92.